The molecule has 1 amide bonds. The zero-order valence-corrected chi connectivity index (χ0v) is 9.54. The lowest BCUT2D eigenvalue weighted by atomic mass is 9.96. The average molecular weight is 217 g/mol. The van der Waals surface area contributed by atoms with E-state index < -0.39 is 0 Å². The van der Waals surface area contributed by atoms with Gasteiger partial charge in [0.1, 0.15) is 5.75 Å². The van der Waals surface area contributed by atoms with E-state index in [1.807, 2.05) is 31.2 Å². The Balaban J connectivity index is 2.29. The smallest absolute Gasteiger partial charge is 0.224 e. The molecule has 0 aromatic heterocycles. The van der Waals surface area contributed by atoms with Gasteiger partial charge in [0.05, 0.1) is 7.11 Å². The van der Waals surface area contributed by atoms with Gasteiger partial charge < -0.3 is 10.1 Å². The van der Waals surface area contributed by atoms with E-state index in [4.69, 9.17) is 4.74 Å². The third-order valence-corrected chi connectivity index (χ3v) is 2.82. The van der Waals surface area contributed by atoms with E-state index in [2.05, 4.69) is 5.32 Å². The Bertz CT molecular complexity index is 432. The normalized spacial score (nSPS) is 16.0. The van der Waals surface area contributed by atoms with Crippen LogP contribution in [-0.2, 0) is 4.79 Å². The van der Waals surface area contributed by atoms with E-state index >= 15 is 0 Å². The lowest BCUT2D eigenvalue weighted by Crippen LogP contribution is -2.26. The topological polar surface area (TPSA) is 38.3 Å². The molecular weight excluding hydrogens is 202 g/mol. The Morgan fingerprint density at radius 1 is 1.19 bits per heavy atom. The molecule has 3 heteroatoms. The third kappa shape index (κ3) is 2.08. The van der Waals surface area contributed by atoms with Gasteiger partial charge in [0.2, 0.25) is 5.91 Å². The van der Waals surface area contributed by atoms with Crippen LogP contribution in [0, 0.1) is 0 Å². The van der Waals surface area contributed by atoms with Gasteiger partial charge in [-0.15, -0.1) is 0 Å². The summed E-state index contributed by atoms with van der Waals surface area (Å²) >= 11 is 0. The van der Waals surface area contributed by atoms with Gasteiger partial charge in [-0.1, -0.05) is 12.1 Å². The summed E-state index contributed by atoms with van der Waals surface area (Å²) < 4.78 is 5.11. The molecule has 0 bridgehead atoms. The second-order valence-corrected chi connectivity index (χ2v) is 3.88. The molecule has 0 fully saturated rings. The predicted molar refractivity (Wildman–Crippen MR) is 63.0 cm³/mol. The summed E-state index contributed by atoms with van der Waals surface area (Å²) in [6.07, 6.45) is 1.38. The summed E-state index contributed by atoms with van der Waals surface area (Å²) in [6, 6.07) is 7.92. The molecule has 1 aromatic carbocycles. The summed E-state index contributed by atoms with van der Waals surface area (Å²) in [6.45, 7) is 1.94. The van der Waals surface area contributed by atoms with Crippen LogP contribution in [0.1, 0.15) is 25.3 Å². The maximum Gasteiger partial charge on any atom is 0.224 e. The Morgan fingerprint density at radius 3 is 2.44 bits per heavy atom. The van der Waals surface area contributed by atoms with Gasteiger partial charge in [-0.2, -0.15) is 0 Å². The van der Waals surface area contributed by atoms with Crippen molar-refractivity contribution in [1.82, 2.24) is 5.32 Å². The van der Waals surface area contributed by atoms with Gasteiger partial charge in [0.25, 0.3) is 0 Å². The average Bonchev–Trinajstić information content (AvgIpc) is 2.29. The standard InChI is InChI=1S/C13H15NO2/c1-9-12(7-8-13(15)14-9)10-3-5-11(16-2)6-4-10/h3-6H,7-8H2,1-2H3,(H,14,15). The number of carbonyl (C=O) groups excluding carboxylic acids is 1. The molecule has 0 unspecified atom stereocenters. The minimum absolute atomic E-state index is 0.106. The quantitative estimate of drug-likeness (QED) is 0.825. The Hall–Kier alpha value is -1.77. The van der Waals surface area contributed by atoms with Crippen molar-refractivity contribution in [3.63, 3.8) is 0 Å². The van der Waals surface area contributed by atoms with Crippen LogP contribution in [0.2, 0.25) is 0 Å². The number of allylic oxidation sites excluding steroid dienone is 2. The number of rotatable bonds is 2. The molecule has 0 atom stereocenters. The number of ether oxygens (including phenoxy) is 1. The third-order valence-electron chi connectivity index (χ3n) is 2.82. The summed E-state index contributed by atoms with van der Waals surface area (Å²) in [5.41, 5.74) is 3.32. The van der Waals surface area contributed by atoms with E-state index in [1.54, 1.807) is 7.11 Å². The summed E-state index contributed by atoms with van der Waals surface area (Å²) in [5.74, 6) is 0.955. The molecule has 0 saturated carbocycles. The molecule has 1 N–H and O–H groups in total. The Morgan fingerprint density at radius 2 is 1.88 bits per heavy atom. The zero-order valence-electron chi connectivity index (χ0n) is 9.54. The molecule has 0 saturated heterocycles. The van der Waals surface area contributed by atoms with Gasteiger partial charge in [0, 0.05) is 12.1 Å². The summed E-state index contributed by atoms with van der Waals surface area (Å²) in [5, 5.41) is 2.87. The lowest BCUT2D eigenvalue weighted by molar-refractivity contribution is -0.120. The molecule has 0 radical (unpaired) electrons. The van der Waals surface area contributed by atoms with Gasteiger partial charge in [0.15, 0.2) is 0 Å². The van der Waals surface area contributed by atoms with Crippen molar-refractivity contribution >= 4 is 11.5 Å². The van der Waals surface area contributed by atoms with Crippen LogP contribution in [0.5, 0.6) is 5.75 Å². The molecule has 16 heavy (non-hydrogen) atoms. The van der Waals surface area contributed by atoms with Crippen LogP contribution in [0.3, 0.4) is 0 Å². The Labute approximate surface area is 95.1 Å². The molecule has 1 aliphatic rings. The fourth-order valence-corrected chi connectivity index (χ4v) is 1.93. The fourth-order valence-electron chi connectivity index (χ4n) is 1.93. The van der Waals surface area contributed by atoms with Gasteiger partial charge >= 0.3 is 0 Å². The molecule has 1 heterocycles. The highest BCUT2D eigenvalue weighted by atomic mass is 16.5. The minimum atomic E-state index is 0.106. The molecular formula is C13H15NO2. The van der Waals surface area contributed by atoms with Gasteiger partial charge in [-0.25, -0.2) is 0 Å². The summed E-state index contributed by atoms with van der Waals surface area (Å²) in [4.78, 5) is 11.2. The van der Waals surface area contributed by atoms with E-state index in [-0.39, 0.29) is 5.91 Å². The second-order valence-electron chi connectivity index (χ2n) is 3.88. The Kier molecular flexibility index (Phi) is 2.95. The first-order valence-corrected chi connectivity index (χ1v) is 5.34. The van der Waals surface area contributed by atoms with E-state index in [9.17, 15) is 4.79 Å². The van der Waals surface area contributed by atoms with Crippen molar-refractivity contribution in [1.29, 1.82) is 0 Å². The van der Waals surface area contributed by atoms with Crippen LogP contribution in [0.25, 0.3) is 5.57 Å². The second kappa shape index (κ2) is 4.39. The maximum atomic E-state index is 11.2. The van der Waals surface area contributed by atoms with Crippen molar-refractivity contribution in [2.75, 3.05) is 7.11 Å². The summed E-state index contributed by atoms with van der Waals surface area (Å²) in [7, 11) is 1.65. The first-order chi connectivity index (χ1) is 7.70. The highest BCUT2D eigenvalue weighted by Crippen LogP contribution is 2.27. The molecule has 0 aliphatic carbocycles. The first kappa shape index (κ1) is 10.7. The molecule has 2 rings (SSSR count). The number of benzene rings is 1. The molecule has 0 spiro atoms. The van der Waals surface area contributed by atoms with Crippen LogP contribution in [0.15, 0.2) is 30.0 Å². The molecule has 1 aliphatic heterocycles. The van der Waals surface area contributed by atoms with Crippen molar-refractivity contribution in [2.45, 2.75) is 19.8 Å². The van der Waals surface area contributed by atoms with Crippen molar-refractivity contribution in [2.24, 2.45) is 0 Å². The van der Waals surface area contributed by atoms with Crippen molar-refractivity contribution < 1.29 is 9.53 Å². The van der Waals surface area contributed by atoms with Crippen molar-refractivity contribution in [3.8, 4) is 5.75 Å². The van der Waals surface area contributed by atoms with Crippen molar-refractivity contribution in [3.05, 3.63) is 35.5 Å². The minimum Gasteiger partial charge on any atom is -0.497 e. The van der Waals surface area contributed by atoms with E-state index in [0.29, 0.717) is 6.42 Å². The first-order valence-electron chi connectivity index (χ1n) is 5.34. The van der Waals surface area contributed by atoms with Crippen LogP contribution in [-0.4, -0.2) is 13.0 Å². The highest BCUT2D eigenvalue weighted by Gasteiger charge is 2.15. The number of nitrogens with one attached hydrogen (secondary N) is 1. The van der Waals surface area contributed by atoms with Gasteiger partial charge in [-0.3, -0.25) is 4.79 Å². The van der Waals surface area contributed by atoms with E-state index in [1.165, 1.54) is 5.57 Å². The largest absolute Gasteiger partial charge is 0.497 e. The van der Waals surface area contributed by atoms with Crippen LogP contribution in [0.4, 0.5) is 0 Å². The predicted octanol–water partition coefficient (Wildman–Crippen LogP) is 2.34. The fraction of sp³-hybridized carbons (Fsp3) is 0.308. The van der Waals surface area contributed by atoms with Gasteiger partial charge in [-0.05, 0) is 36.6 Å². The molecule has 3 nitrogen and oxygen atoms in total. The SMILES string of the molecule is COc1ccc(C2=C(C)NC(=O)CC2)cc1. The number of carbonyl (C=O) groups is 1. The number of hydrogen-bond acceptors (Lipinski definition) is 2. The van der Waals surface area contributed by atoms with E-state index in [0.717, 1.165) is 23.4 Å². The lowest BCUT2D eigenvalue weighted by Gasteiger charge is -2.18. The number of methoxy groups -OCH3 is 1. The monoisotopic (exact) mass is 217 g/mol. The molecule has 1 aromatic rings. The van der Waals surface area contributed by atoms with Crippen LogP contribution < -0.4 is 10.1 Å². The number of hydrogen-bond donors (Lipinski definition) is 1. The molecule has 84 valence electrons. The zero-order chi connectivity index (χ0) is 11.5. The van der Waals surface area contributed by atoms with Crippen LogP contribution >= 0.6 is 0 Å². The number of amides is 1. The highest BCUT2D eigenvalue weighted by molar-refractivity contribution is 5.86. The maximum absolute atomic E-state index is 11.2.